The van der Waals surface area contributed by atoms with Gasteiger partial charge in [0.25, 0.3) is 0 Å². The Morgan fingerprint density at radius 3 is 2.83 bits per heavy atom. The summed E-state index contributed by atoms with van der Waals surface area (Å²) in [7, 11) is 0. The lowest BCUT2D eigenvalue weighted by atomic mass is 9.98. The van der Waals surface area contributed by atoms with Crippen molar-refractivity contribution in [1.82, 2.24) is 15.0 Å². The van der Waals surface area contributed by atoms with Crippen LogP contribution in [0.1, 0.15) is 37.1 Å². The molecule has 1 aliphatic heterocycles. The van der Waals surface area contributed by atoms with Gasteiger partial charge in [0.2, 0.25) is 11.7 Å². The zero-order chi connectivity index (χ0) is 20.9. The molecule has 2 heterocycles. The molecule has 30 heavy (non-hydrogen) atoms. The molecule has 7 heteroatoms. The highest BCUT2D eigenvalue weighted by Gasteiger charge is 2.29. The molecule has 4 rings (SSSR count). The number of nitrogens with one attached hydrogen (secondary N) is 1. The highest BCUT2D eigenvalue weighted by atomic mass is 16.5. The molecule has 0 saturated carbocycles. The van der Waals surface area contributed by atoms with Crippen molar-refractivity contribution in [3.05, 3.63) is 60.0 Å². The van der Waals surface area contributed by atoms with E-state index < -0.39 is 0 Å². The number of benzene rings is 2. The third-order valence-electron chi connectivity index (χ3n) is 5.24. The fraction of sp³-hybridized carbons (Fsp3) is 0.348. The number of nitrogens with zero attached hydrogens (tertiary/aromatic N) is 3. The molecule has 0 bridgehead atoms. The van der Waals surface area contributed by atoms with Crippen molar-refractivity contribution in [2.75, 3.05) is 25.0 Å². The average molecular weight is 406 g/mol. The summed E-state index contributed by atoms with van der Waals surface area (Å²) in [6.45, 7) is 5.73. The number of amides is 2. The maximum atomic E-state index is 12.9. The van der Waals surface area contributed by atoms with Crippen molar-refractivity contribution in [2.24, 2.45) is 0 Å². The highest BCUT2D eigenvalue weighted by molar-refractivity contribution is 5.91. The number of carbonyl (C=O) groups excluding carboxylic acids is 1. The lowest BCUT2D eigenvalue weighted by Crippen LogP contribution is -2.41. The molecule has 1 aliphatic rings. The van der Waals surface area contributed by atoms with E-state index in [0.29, 0.717) is 42.8 Å². The second kappa shape index (κ2) is 8.98. The molecule has 1 aromatic heterocycles. The fourth-order valence-electron chi connectivity index (χ4n) is 3.63. The summed E-state index contributed by atoms with van der Waals surface area (Å²) < 4.78 is 11.1. The number of hydrogen-bond acceptors (Lipinski definition) is 5. The van der Waals surface area contributed by atoms with E-state index in [0.717, 1.165) is 18.4 Å². The second-order valence-electron chi connectivity index (χ2n) is 7.47. The van der Waals surface area contributed by atoms with Crippen molar-refractivity contribution >= 4 is 11.7 Å². The molecule has 3 aromatic rings. The SMILES string of the molecule is CCOc1ccccc1NC(=O)N1CCCC(c2nc(-c3ccc(C)cc3)no2)C1. The number of aromatic nitrogens is 2. The number of para-hydroxylation sites is 2. The molecule has 1 atom stereocenters. The summed E-state index contributed by atoms with van der Waals surface area (Å²) in [5.41, 5.74) is 2.78. The van der Waals surface area contributed by atoms with Crippen molar-refractivity contribution in [1.29, 1.82) is 0 Å². The monoisotopic (exact) mass is 406 g/mol. The minimum Gasteiger partial charge on any atom is -0.492 e. The third-order valence-corrected chi connectivity index (χ3v) is 5.24. The van der Waals surface area contributed by atoms with Crippen molar-refractivity contribution in [2.45, 2.75) is 32.6 Å². The van der Waals surface area contributed by atoms with Crippen LogP contribution in [0.5, 0.6) is 5.75 Å². The lowest BCUT2D eigenvalue weighted by molar-refractivity contribution is 0.184. The number of piperidine rings is 1. The van der Waals surface area contributed by atoms with Crippen molar-refractivity contribution in [3.63, 3.8) is 0 Å². The normalized spacial score (nSPS) is 16.3. The molecule has 1 N–H and O–H groups in total. The number of hydrogen-bond donors (Lipinski definition) is 1. The van der Waals surface area contributed by atoms with Gasteiger partial charge in [0.15, 0.2) is 0 Å². The topological polar surface area (TPSA) is 80.5 Å². The van der Waals surface area contributed by atoms with Gasteiger partial charge in [-0.3, -0.25) is 0 Å². The molecule has 1 saturated heterocycles. The molecule has 2 amide bonds. The molecule has 2 aromatic carbocycles. The largest absolute Gasteiger partial charge is 0.492 e. The van der Waals surface area contributed by atoms with Crippen LogP contribution >= 0.6 is 0 Å². The highest BCUT2D eigenvalue weighted by Crippen LogP contribution is 2.29. The molecule has 0 radical (unpaired) electrons. The summed E-state index contributed by atoms with van der Waals surface area (Å²) in [6.07, 6.45) is 1.79. The summed E-state index contributed by atoms with van der Waals surface area (Å²) in [5.74, 6) is 1.86. The summed E-state index contributed by atoms with van der Waals surface area (Å²) >= 11 is 0. The first kappa shape index (κ1) is 19.9. The van der Waals surface area contributed by atoms with Gasteiger partial charge in [0.05, 0.1) is 18.2 Å². The van der Waals surface area contributed by atoms with Gasteiger partial charge in [-0.1, -0.05) is 47.1 Å². The van der Waals surface area contributed by atoms with E-state index in [4.69, 9.17) is 9.26 Å². The van der Waals surface area contributed by atoms with Gasteiger partial charge in [0.1, 0.15) is 5.75 Å². The Kier molecular flexibility index (Phi) is 5.97. The molecule has 1 unspecified atom stereocenters. The molecule has 0 aliphatic carbocycles. The van der Waals surface area contributed by atoms with Gasteiger partial charge in [0, 0.05) is 18.7 Å². The van der Waals surface area contributed by atoms with E-state index in [1.54, 1.807) is 4.90 Å². The Morgan fingerprint density at radius 1 is 1.23 bits per heavy atom. The van der Waals surface area contributed by atoms with Crippen LogP contribution < -0.4 is 10.1 Å². The van der Waals surface area contributed by atoms with Gasteiger partial charge in [-0.25, -0.2) is 4.79 Å². The smallest absolute Gasteiger partial charge is 0.321 e. The number of aryl methyl sites for hydroxylation is 1. The van der Waals surface area contributed by atoms with Crippen LogP contribution in [0.2, 0.25) is 0 Å². The number of rotatable bonds is 5. The maximum absolute atomic E-state index is 12.9. The zero-order valence-electron chi connectivity index (χ0n) is 17.3. The van der Waals surface area contributed by atoms with Crippen LogP contribution in [-0.4, -0.2) is 40.8 Å². The lowest BCUT2D eigenvalue weighted by Gasteiger charge is -2.31. The van der Waals surface area contributed by atoms with Crippen LogP contribution in [-0.2, 0) is 0 Å². The zero-order valence-corrected chi connectivity index (χ0v) is 17.3. The predicted octanol–water partition coefficient (Wildman–Crippen LogP) is 4.86. The summed E-state index contributed by atoms with van der Waals surface area (Å²) in [5, 5.41) is 7.11. The number of anilines is 1. The molecule has 0 spiro atoms. The van der Waals surface area contributed by atoms with Gasteiger partial charge in [-0.05, 0) is 38.8 Å². The number of ether oxygens (including phenoxy) is 1. The first-order valence-electron chi connectivity index (χ1n) is 10.3. The van der Waals surface area contributed by atoms with Crippen molar-refractivity contribution < 1.29 is 14.1 Å². The van der Waals surface area contributed by atoms with E-state index in [2.05, 4.69) is 15.5 Å². The van der Waals surface area contributed by atoms with E-state index >= 15 is 0 Å². The molecule has 1 fully saturated rings. The Labute approximate surface area is 176 Å². The predicted molar refractivity (Wildman–Crippen MR) is 115 cm³/mol. The van der Waals surface area contributed by atoms with Crippen LogP contribution in [0.3, 0.4) is 0 Å². The quantitative estimate of drug-likeness (QED) is 0.655. The number of likely N-dealkylation sites (tertiary alicyclic amines) is 1. The Balaban J connectivity index is 1.43. The minimum absolute atomic E-state index is 0.0262. The van der Waals surface area contributed by atoms with Crippen LogP contribution in [0, 0.1) is 6.92 Å². The molecule has 156 valence electrons. The average Bonchev–Trinajstić information content (AvgIpc) is 3.26. The maximum Gasteiger partial charge on any atom is 0.321 e. The van der Waals surface area contributed by atoms with Crippen LogP contribution in [0.25, 0.3) is 11.4 Å². The van der Waals surface area contributed by atoms with Gasteiger partial charge >= 0.3 is 6.03 Å². The molecular weight excluding hydrogens is 380 g/mol. The van der Waals surface area contributed by atoms with E-state index in [1.807, 2.05) is 62.4 Å². The number of urea groups is 1. The summed E-state index contributed by atoms with van der Waals surface area (Å²) in [6, 6.07) is 15.3. The van der Waals surface area contributed by atoms with Crippen LogP contribution in [0.4, 0.5) is 10.5 Å². The van der Waals surface area contributed by atoms with E-state index in [-0.39, 0.29) is 11.9 Å². The third kappa shape index (κ3) is 4.45. The van der Waals surface area contributed by atoms with E-state index in [1.165, 1.54) is 5.56 Å². The van der Waals surface area contributed by atoms with Crippen LogP contribution in [0.15, 0.2) is 53.1 Å². The number of carbonyl (C=O) groups is 1. The molecule has 7 nitrogen and oxygen atoms in total. The van der Waals surface area contributed by atoms with Gasteiger partial charge < -0.3 is 19.5 Å². The Bertz CT molecular complexity index is 1000. The van der Waals surface area contributed by atoms with Gasteiger partial charge in [-0.2, -0.15) is 4.98 Å². The van der Waals surface area contributed by atoms with Gasteiger partial charge in [-0.15, -0.1) is 0 Å². The Hall–Kier alpha value is -3.35. The summed E-state index contributed by atoms with van der Waals surface area (Å²) in [4.78, 5) is 19.2. The van der Waals surface area contributed by atoms with Crippen molar-refractivity contribution in [3.8, 4) is 17.1 Å². The fourth-order valence-corrected chi connectivity index (χ4v) is 3.63. The standard InChI is InChI=1S/C23H26N4O3/c1-3-29-20-9-5-4-8-19(20)24-23(28)27-14-6-7-18(15-27)22-25-21(26-30-22)17-12-10-16(2)11-13-17/h4-5,8-13,18H,3,6-7,14-15H2,1-2H3,(H,24,28). The first-order chi connectivity index (χ1) is 14.6. The minimum atomic E-state index is -0.148. The second-order valence-corrected chi connectivity index (χ2v) is 7.47. The first-order valence-corrected chi connectivity index (χ1v) is 10.3. The Morgan fingerprint density at radius 2 is 2.03 bits per heavy atom. The molecular formula is C23H26N4O3. The van der Waals surface area contributed by atoms with E-state index in [9.17, 15) is 4.79 Å².